The van der Waals surface area contributed by atoms with E-state index in [2.05, 4.69) is 29.2 Å². The molecule has 0 N–H and O–H groups in total. The van der Waals surface area contributed by atoms with E-state index < -0.39 is 0 Å². The zero-order valence-electron chi connectivity index (χ0n) is 10.4. The van der Waals surface area contributed by atoms with E-state index in [0.29, 0.717) is 0 Å². The number of rotatable bonds is 2. The quantitative estimate of drug-likeness (QED) is 0.775. The molecular formula is C15H21NO. The lowest BCUT2D eigenvalue weighted by Gasteiger charge is -2.33. The van der Waals surface area contributed by atoms with Crippen molar-refractivity contribution < 1.29 is 4.74 Å². The van der Waals surface area contributed by atoms with Crippen molar-refractivity contribution in [1.82, 2.24) is 4.90 Å². The predicted molar refractivity (Wildman–Crippen MR) is 69.0 cm³/mol. The first kappa shape index (κ1) is 11.2. The molecule has 1 aromatic carbocycles. The fourth-order valence-electron chi connectivity index (χ4n) is 3.00. The maximum atomic E-state index is 5.43. The van der Waals surface area contributed by atoms with Gasteiger partial charge in [0, 0.05) is 32.8 Å². The molecular weight excluding hydrogens is 210 g/mol. The van der Waals surface area contributed by atoms with E-state index in [4.69, 9.17) is 4.74 Å². The summed E-state index contributed by atoms with van der Waals surface area (Å²) in [5, 5.41) is 0. The zero-order valence-corrected chi connectivity index (χ0v) is 10.4. The zero-order chi connectivity index (χ0) is 11.5. The van der Waals surface area contributed by atoms with Crippen LogP contribution in [0.4, 0.5) is 0 Å². The highest BCUT2D eigenvalue weighted by atomic mass is 16.5. The van der Waals surface area contributed by atoms with Crippen LogP contribution in [0.1, 0.15) is 24.0 Å². The monoisotopic (exact) mass is 231 g/mol. The molecule has 1 saturated heterocycles. The van der Waals surface area contributed by atoms with Gasteiger partial charge >= 0.3 is 0 Å². The second-order valence-electron chi connectivity index (χ2n) is 5.31. The van der Waals surface area contributed by atoms with Crippen LogP contribution in [0.2, 0.25) is 0 Å². The third-order valence-corrected chi connectivity index (χ3v) is 4.07. The van der Waals surface area contributed by atoms with Crippen LogP contribution in [-0.2, 0) is 17.7 Å². The maximum Gasteiger partial charge on any atom is 0.0469 e. The highest BCUT2D eigenvalue weighted by Gasteiger charge is 2.20. The van der Waals surface area contributed by atoms with Gasteiger partial charge in [0.2, 0.25) is 0 Å². The van der Waals surface area contributed by atoms with Gasteiger partial charge in [-0.05, 0) is 36.3 Å². The third kappa shape index (κ3) is 2.70. The summed E-state index contributed by atoms with van der Waals surface area (Å²) >= 11 is 0. The summed E-state index contributed by atoms with van der Waals surface area (Å²) in [7, 11) is 0. The topological polar surface area (TPSA) is 12.5 Å². The Labute approximate surface area is 104 Å². The molecule has 92 valence electrons. The van der Waals surface area contributed by atoms with Gasteiger partial charge in [-0.15, -0.1) is 0 Å². The van der Waals surface area contributed by atoms with Crippen LogP contribution in [-0.4, -0.2) is 31.2 Å². The van der Waals surface area contributed by atoms with Gasteiger partial charge in [-0.1, -0.05) is 24.3 Å². The summed E-state index contributed by atoms with van der Waals surface area (Å²) in [5.41, 5.74) is 3.08. The Morgan fingerprint density at radius 1 is 1.12 bits per heavy atom. The van der Waals surface area contributed by atoms with Crippen LogP contribution in [0.5, 0.6) is 0 Å². The maximum absolute atomic E-state index is 5.43. The molecule has 0 unspecified atom stereocenters. The summed E-state index contributed by atoms with van der Waals surface area (Å²) in [5.74, 6) is 0.856. The first-order valence-electron chi connectivity index (χ1n) is 6.79. The number of hydrogen-bond donors (Lipinski definition) is 0. The third-order valence-electron chi connectivity index (χ3n) is 4.07. The average Bonchev–Trinajstić information content (AvgIpc) is 2.40. The normalized spacial score (nSPS) is 22.4. The predicted octanol–water partition coefficient (Wildman–Crippen LogP) is 2.47. The minimum absolute atomic E-state index is 0.856. The lowest BCUT2D eigenvalue weighted by Crippen LogP contribution is -2.36. The molecule has 0 amide bonds. The van der Waals surface area contributed by atoms with Gasteiger partial charge < -0.3 is 4.74 Å². The molecule has 1 aromatic rings. The molecule has 2 heteroatoms. The Morgan fingerprint density at radius 3 is 2.71 bits per heavy atom. The molecule has 2 aliphatic heterocycles. The lowest BCUT2D eigenvalue weighted by molar-refractivity contribution is 0.0506. The Kier molecular flexibility index (Phi) is 3.44. The molecule has 0 aliphatic carbocycles. The minimum Gasteiger partial charge on any atom is -0.381 e. The SMILES string of the molecule is c1ccc2c(c1)CCN(CC1CCOCC1)C2. The molecule has 2 aliphatic rings. The second kappa shape index (κ2) is 5.19. The van der Waals surface area contributed by atoms with Gasteiger partial charge in [-0.25, -0.2) is 0 Å². The van der Waals surface area contributed by atoms with Crippen LogP contribution in [0.25, 0.3) is 0 Å². The number of benzene rings is 1. The van der Waals surface area contributed by atoms with Crippen molar-refractivity contribution in [2.75, 3.05) is 26.3 Å². The van der Waals surface area contributed by atoms with Crippen LogP contribution in [0.15, 0.2) is 24.3 Å². The van der Waals surface area contributed by atoms with Crippen molar-refractivity contribution in [2.24, 2.45) is 5.92 Å². The number of hydrogen-bond acceptors (Lipinski definition) is 2. The van der Waals surface area contributed by atoms with Crippen molar-refractivity contribution >= 4 is 0 Å². The fraction of sp³-hybridized carbons (Fsp3) is 0.600. The van der Waals surface area contributed by atoms with Crippen molar-refractivity contribution in [3.8, 4) is 0 Å². The standard InChI is InChI=1S/C15H21NO/c1-2-4-15-12-16(8-5-14(15)3-1)11-13-6-9-17-10-7-13/h1-4,13H,5-12H2. The van der Waals surface area contributed by atoms with E-state index in [1.165, 1.54) is 37.9 Å². The van der Waals surface area contributed by atoms with E-state index in [9.17, 15) is 0 Å². The summed E-state index contributed by atoms with van der Waals surface area (Å²) < 4.78 is 5.43. The molecule has 2 heterocycles. The molecule has 3 rings (SSSR count). The summed E-state index contributed by atoms with van der Waals surface area (Å²) in [6.07, 6.45) is 3.72. The molecule has 0 atom stereocenters. The van der Waals surface area contributed by atoms with E-state index in [1.54, 1.807) is 5.56 Å². The van der Waals surface area contributed by atoms with Crippen molar-refractivity contribution in [3.05, 3.63) is 35.4 Å². The fourth-order valence-corrected chi connectivity index (χ4v) is 3.00. The molecule has 0 saturated carbocycles. The second-order valence-corrected chi connectivity index (χ2v) is 5.31. The highest BCUT2D eigenvalue weighted by Crippen LogP contribution is 2.22. The van der Waals surface area contributed by atoms with Gasteiger partial charge in [0.1, 0.15) is 0 Å². The first-order valence-corrected chi connectivity index (χ1v) is 6.79. The number of nitrogens with zero attached hydrogens (tertiary/aromatic N) is 1. The average molecular weight is 231 g/mol. The number of ether oxygens (including phenoxy) is 1. The lowest BCUT2D eigenvalue weighted by atomic mass is 9.96. The molecule has 17 heavy (non-hydrogen) atoms. The Hall–Kier alpha value is -0.860. The van der Waals surface area contributed by atoms with Crippen molar-refractivity contribution in [2.45, 2.75) is 25.8 Å². The van der Waals surface area contributed by atoms with E-state index in [-0.39, 0.29) is 0 Å². The van der Waals surface area contributed by atoms with Gasteiger partial charge in [-0.2, -0.15) is 0 Å². The highest BCUT2D eigenvalue weighted by molar-refractivity contribution is 5.29. The van der Waals surface area contributed by atoms with Gasteiger partial charge in [0.25, 0.3) is 0 Å². The molecule has 0 spiro atoms. The molecule has 0 radical (unpaired) electrons. The Bertz CT molecular complexity index is 371. The summed E-state index contributed by atoms with van der Waals surface area (Å²) in [6.45, 7) is 5.57. The Balaban J connectivity index is 1.60. The molecule has 2 nitrogen and oxygen atoms in total. The molecule has 1 fully saturated rings. The van der Waals surface area contributed by atoms with Gasteiger partial charge in [0.15, 0.2) is 0 Å². The smallest absolute Gasteiger partial charge is 0.0469 e. The molecule has 0 bridgehead atoms. The number of fused-ring (bicyclic) bond motifs is 1. The van der Waals surface area contributed by atoms with E-state index in [0.717, 1.165) is 25.7 Å². The largest absolute Gasteiger partial charge is 0.381 e. The molecule has 0 aromatic heterocycles. The Morgan fingerprint density at radius 2 is 1.88 bits per heavy atom. The minimum atomic E-state index is 0.856. The van der Waals surface area contributed by atoms with Crippen LogP contribution >= 0.6 is 0 Å². The van der Waals surface area contributed by atoms with Gasteiger partial charge in [0.05, 0.1) is 0 Å². The van der Waals surface area contributed by atoms with Gasteiger partial charge in [-0.3, -0.25) is 4.90 Å². The van der Waals surface area contributed by atoms with Crippen molar-refractivity contribution in [1.29, 1.82) is 0 Å². The van der Waals surface area contributed by atoms with Crippen LogP contribution < -0.4 is 0 Å². The summed E-state index contributed by atoms with van der Waals surface area (Å²) in [4.78, 5) is 2.62. The van der Waals surface area contributed by atoms with E-state index in [1.807, 2.05) is 0 Å². The summed E-state index contributed by atoms with van der Waals surface area (Å²) in [6, 6.07) is 8.89. The van der Waals surface area contributed by atoms with E-state index >= 15 is 0 Å². The van der Waals surface area contributed by atoms with Crippen LogP contribution in [0, 0.1) is 5.92 Å². The van der Waals surface area contributed by atoms with Crippen molar-refractivity contribution in [3.63, 3.8) is 0 Å². The van der Waals surface area contributed by atoms with Crippen LogP contribution in [0.3, 0.4) is 0 Å². The first-order chi connectivity index (χ1) is 8.42.